The quantitative estimate of drug-likeness (QED) is 0.848. The molecule has 0 spiro atoms. The summed E-state index contributed by atoms with van der Waals surface area (Å²) in [6, 6.07) is 4.21. The third-order valence-corrected chi connectivity index (χ3v) is 6.94. The third kappa shape index (κ3) is 3.00. The van der Waals surface area contributed by atoms with E-state index in [1.807, 2.05) is 0 Å². The molecular formula is C13H17BrFN3O2S. The minimum absolute atomic E-state index is 0.127. The van der Waals surface area contributed by atoms with E-state index in [0.717, 1.165) is 26.2 Å². The van der Waals surface area contributed by atoms with Crippen LogP contribution in [0.15, 0.2) is 27.6 Å². The second-order valence-corrected chi connectivity index (χ2v) is 8.09. The van der Waals surface area contributed by atoms with Crippen molar-refractivity contribution in [3.05, 3.63) is 28.5 Å². The van der Waals surface area contributed by atoms with E-state index in [4.69, 9.17) is 0 Å². The van der Waals surface area contributed by atoms with Crippen LogP contribution < -0.4 is 5.32 Å². The summed E-state index contributed by atoms with van der Waals surface area (Å²) < 4.78 is 40.1. The Morgan fingerprint density at radius 1 is 1.19 bits per heavy atom. The number of hydrogen-bond acceptors (Lipinski definition) is 4. The fourth-order valence-corrected chi connectivity index (χ4v) is 5.10. The van der Waals surface area contributed by atoms with Crippen molar-refractivity contribution < 1.29 is 12.8 Å². The van der Waals surface area contributed by atoms with Crippen LogP contribution in [0.25, 0.3) is 0 Å². The maximum atomic E-state index is 13.1. The van der Waals surface area contributed by atoms with E-state index in [9.17, 15) is 12.8 Å². The van der Waals surface area contributed by atoms with Crippen LogP contribution in [0.5, 0.6) is 0 Å². The number of rotatable bonds is 3. The van der Waals surface area contributed by atoms with E-state index in [1.54, 1.807) is 0 Å². The van der Waals surface area contributed by atoms with Gasteiger partial charge in [-0.1, -0.05) is 0 Å². The molecule has 5 nitrogen and oxygen atoms in total. The summed E-state index contributed by atoms with van der Waals surface area (Å²) in [6.07, 6.45) is 0. The van der Waals surface area contributed by atoms with Crippen LogP contribution in [0.2, 0.25) is 0 Å². The Balaban J connectivity index is 1.73. The molecule has 2 fully saturated rings. The average molecular weight is 378 g/mol. The lowest BCUT2D eigenvalue weighted by atomic mass is 10.1. The fraction of sp³-hybridized carbons (Fsp3) is 0.538. The topological polar surface area (TPSA) is 52.7 Å². The zero-order valence-corrected chi connectivity index (χ0v) is 13.8. The van der Waals surface area contributed by atoms with Crippen molar-refractivity contribution in [2.24, 2.45) is 0 Å². The van der Waals surface area contributed by atoms with Crippen LogP contribution >= 0.6 is 15.9 Å². The van der Waals surface area contributed by atoms with Crippen LogP contribution in [-0.2, 0) is 10.0 Å². The van der Waals surface area contributed by atoms with E-state index in [2.05, 4.69) is 26.1 Å². The maximum absolute atomic E-state index is 13.1. The number of nitrogens with zero attached hydrogens (tertiary/aromatic N) is 2. The van der Waals surface area contributed by atoms with Crippen molar-refractivity contribution in [2.45, 2.75) is 10.9 Å². The van der Waals surface area contributed by atoms with Gasteiger partial charge in [-0.05, 0) is 34.1 Å². The number of benzene rings is 1. The van der Waals surface area contributed by atoms with Crippen molar-refractivity contribution >= 4 is 26.0 Å². The summed E-state index contributed by atoms with van der Waals surface area (Å²) in [5, 5.41) is 3.22. The number of nitrogens with one attached hydrogen (secondary N) is 1. The zero-order valence-electron chi connectivity index (χ0n) is 11.4. The molecule has 1 aromatic carbocycles. The average Bonchev–Trinajstić information content (AvgIpc) is 2.37. The molecule has 0 unspecified atom stereocenters. The molecule has 2 aliphatic heterocycles. The van der Waals surface area contributed by atoms with Crippen LogP contribution in [0.4, 0.5) is 4.39 Å². The van der Waals surface area contributed by atoms with Crippen molar-refractivity contribution in [1.82, 2.24) is 14.5 Å². The molecule has 2 heterocycles. The minimum Gasteiger partial charge on any atom is -0.314 e. The van der Waals surface area contributed by atoms with Crippen molar-refractivity contribution in [3.63, 3.8) is 0 Å². The van der Waals surface area contributed by atoms with Crippen LogP contribution in [0, 0.1) is 5.82 Å². The number of sulfonamides is 1. The van der Waals surface area contributed by atoms with Crippen LogP contribution in [0.1, 0.15) is 0 Å². The summed E-state index contributed by atoms with van der Waals surface area (Å²) in [6.45, 7) is 4.40. The highest BCUT2D eigenvalue weighted by molar-refractivity contribution is 9.10. The molecule has 3 rings (SSSR count). The van der Waals surface area contributed by atoms with Crippen LogP contribution in [0.3, 0.4) is 0 Å². The van der Waals surface area contributed by atoms with Gasteiger partial charge in [0.25, 0.3) is 0 Å². The highest BCUT2D eigenvalue weighted by Crippen LogP contribution is 2.26. The molecule has 0 bridgehead atoms. The first kappa shape index (κ1) is 15.4. The first-order valence-electron chi connectivity index (χ1n) is 6.88. The van der Waals surface area contributed by atoms with Crippen LogP contribution in [-0.4, -0.2) is 62.9 Å². The largest absolute Gasteiger partial charge is 0.314 e. The molecule has 0 amide bonds. The van der Waals surface area contributed by atoms with E-state index in [-0.39, 0.29) is 9.37 Å². The minimum atomic E-state index is -3.57. The molecule has 2 aliphatic rings. The predicted molar refractivity (Wildman–Crippen MR) is 81.1 cm³/mol. The molecule has 0 atom stereocenters. The first-order valence-corrected chi connectivity index (χ1v) is 9.12. The van der Waals surface area contributed by atoms with E-state index >= 15 is 0 Å². The number of hydrogen-bond donors (Lipinski definition) is 1. The molecule has 0 aliphatic carbocycles. The normalized spacial score (nSPS) is 22.2. The summed E-state index contributed by atoms with van der Waals surface area (Å²) in [5.41, 5.74) is 0. The Bertz CT molecular complexity index is 628. The van der Waals surface area contributed by atoms with Gasteiger partial charge in [0.2, 0.25) is 10.0 Å². The molecule has 0 saturated carbocycles. The molecule has 21 heavy (non-hydrogen) atoms. The summed E-state index contributed by atoms with van der Waals surface area (Å²) in [7, 11) is -3.57. The predicted octanol–water partition coefficient (Wildman–Crippen LogP) is 0.866. The molecular weight excluding hydrogens is 361 g/mol. The van der Waals surface area contributed by atoms with E-state index in [1.165, 1.54) is 22.5 Å². The summed E-state index contributed by atoms with van der Waals surface area (Å²) in [5.74, 6) is -0.455. The van der Waals surface area contributed by atoms with Gasteiger partial charge in [-0.2, -0.15) is 4.31 Å². The summed E-state index contributed by atoms with van der Waals surface area (Å²) >= 11 is 3.14. The molecule has 0 aromatic heterocycles. The van der Waals surface area contributed by atoms with E-state index in [0.29, 0.717) is 19.1 Å². The molecule has 1 N–H and O–H groups in total. The van der Waals surface area contributed by atoms with Crippen molar-refractivity contribution in [1.29, 1.82) is 0 Å². The van der Waals surface area contributed by atoms with Gasteiger partial charge in [-0.15, -0.1) is 0 Å². The Hall–Kier alpha value is -0.540. The van der Waals surface area contributed by atoms with Crippen molar-refractivity contribution in [2.75, 3.05) is 39.3 Å². The third-order valence-electron chi connectivity index (χ3n) is 4.06. The molecule has 1 aromatic rings. The Labute approximate surface area is 132 Å². The Morgan fingerprint density at radius 3 is 2.38 bits per heavy atom. The summed E-state index contributed by atoms with van der Waals surface area (Å²) in [4.78, 5) is 2.45. The van der Waals surface area contributed by atoms with Gasteiger partial charge in [-0.25, -0.2) is 12.8 Å². The lowest BCUT2D eigenvalue weighted by molar-refractivity contribution is 0.103. The van der Waals surface area contributed by atoms with Gasteiger partial charge >= 0.3 is 0 Å². The van der Waals surface area contributed by atoms with Crippen molar-refractivity contribution in [3.8, 4) is 0 Å². The fourth-order valence-electron chi connectivity index (χ4n) is 2.66. The van der Waals surface area contributed by atoms with Gasteiger partial charge in [0.1, 0.15) is 5.82 Å². The monoisotopic (exact) mass is 377 g/mol. The van der Waals surface area contributed by atoms with Gasteiger partial charge < -0.3 is 5.32 Å². The Morgan fingerprint density at radius 2 is 1.86 bits per heavy atom. The second-order valence-electron chi connectivity index (χ2n) is 5.33. The Kier molecular flexibility index (Phi) is 4.33. The molecule has 0 radical (unpaired) electrons. The lowest BCUT2D eigenvalue weighted by Crippen LogP contribution is -2.62. The highest BCUT2D eigenvalue weighted by atomic mass is 79.9. The SMILES string of the molecule is O=S(=O)(c1ccc(F)cc1Br)N1CCN(C2CNC2)CC1. The number of halogens is 2. The van der Waals surface area contributed by atoms with Gasteiger partial charge in [0, 0.05) is 49.8 Å². The molecule has 8 heteroatoms. The molecule has 116 valence electrons. The molecule has 2 saturated heterocycles. The van der Waals surface area contributed by atoms with Gasteiger partial charge in [-0.3, -0.25) is 4.90 Å². The highest BCUT2D eigenvalue weighted by Gasteiger charge is 2.33. The first-order chi connectivity index (χ1) is 9.98. The van der Waals surface area contributed by atoms with E-state index < -0.39 is 15.8 Å². The zero-order chi connectivity index (χ0) is 15.0. The van der Waals surface area contributed by atoms with Gasteiger partial charge in [0.05, 0.1) is 4.90 Å². The smallest absolute Gasteiger partial charge is 0.244 e. The lowest BCUT2D eigenvalue weighted by Gasteiger charge is -2.42. The van der Waals surface area contributed by atoms with Gasteiger partial charge in [0.15, 0.2) is 0 Å². The standard InChI is InChI=1S/C13H17BrFN3O2S/c14-12-7-10(15)1-2-13(12)21(19,20)18-5-3-17(4-6-18)11-8-16-9-11/h1-2,7,11,16H,3-6,8-9H2. The second kappa shape index (κ2) is 5.92. The number of piperazine rings is 1. The maximum Gasteiger partial charge on any atom is 0.244 e.